The highest BCUT2D eigenvalue weighted by molar-refractivity contribution is 9.10. The van der Waals surface area contributed by atoms with E-state index >= 15 is 0 Å². The van der Waals surface area contributed by atoms with Crippen molar-refractivity contribution in [3.05, 3.63) is 70.6 Å². The molecule has 0 aliphatic carbocycles. The van der Waals surface area contributed by atoms with Crippen LogP contribution >= 0.6 is 15.9 Å². The summed E-state index contributed by atoms with van der Waals surface area (Å²) in [5.41, 5.74) is 2.45. The highest BCUT2D eigenvalue weighted by Gasteiger charge is 2.07. The molecule has 20 heavy (non-hydrogen) atoms. The van der Waals surface area contributed by atoms with Gasteiger partial charge >= 0.3 is 0 Å². The van der Waals surface area contributed by atoms with Crippen molar-refractivity contribution in [3.63, 3.8) is 0 Å². The summed E-state index contributed by atoms with van der Waals surface area (Å²) in [7, 11) is 0. The van der Waals surface area contributed by atoms with Crippen LogP contribution in [-0.4, -0.2) is 4.98 Å². The zero-order chi connectivity index (χ0) is 13.9. The Hall–Kier alpha value is -1.94. The fourth-order valence-corrected chi connectivity index (χ4v) is 2.64. The normalized spacial score (nSPS) is 10.7. The number of hydrogen-bond donors (Lipinski definition) is 1. The van der Waals surface area contributed by atoms with E-state index < -0.39 is 0 Å². The minimum atomic E-state index is -0.271. The van der Waals surface area contributed by atoms with Crippen LogP contribution in [0.5, 0.6) is 0 Å². The predicted molar refractivity (Wildman–Crippen MR) is 83.2 cm³/mol. The van der Waals surface area contributed by atoms with Crippen molar-refractivity contribution in [2.75, 3.05) is 5.32 Å². The average molecular weight is 331 g/mol. The maximum absolute atomic E-state index is 13.8. The lowest BCUT2D eigenvalue weighted by Crippen LogP contribution is -2.03. The zero-order valence-electron chi connectivity index (χ0n) is 10.6. The predicted octanol–water partition coefficient (Wildman–Crippen LogP) is 4.75. The van der Waals surface area contributed by atoms with E-state index in [1.165, 1.54) is 6.07 Å². The molecule has 0 bridgehead atoms. The Kier molecular flexibility index (Phi) is 3.65. The third-order valence-electron chi connectivity index (χ3n) is 3.13. The number of halogens is 2. The molecular formula is C16H12BrFN2. The lowest BCUT2D eigenvalue weighted by Gasteiger charge is -2.11. The summed E-state index contributed by atoms with van der Waals surface area (Å²) in [6.07, 6.45) is 1.77. The van der Waals surface area contributed by atoms with E-state index in [2.05, 4.69) is 26.2 Å². The molecule has 0 atom stereocenters. The lowest BCUT2D eigenvalue weighted by molar-refractivity contribution is 0.629. The summed E-state index contributed by atoms with van der Waals surface area (Å²) >= 11 is 3.35. The molecule has 0 spiro atoms. The third kappa shape index (κ3) is 2.51. The molecule has 2 nitrogen and oxygen atoms in total. The van der Waals surface area contributed by atoms with Gasteiger partial charge in [0.05, 0.1) is 11.2 Å². The number of para-hydroxylation sites is 2. The van der Waals surface area contributed by atoms with Gasteiger partial charge in [-0.05, 0) is 39.7 Å². The molecule has 1 N–H and O–H groups in total. The second-order valence-electron chi connectivity index (χ2n) is 4.44. The van der Waals surface area contributed by atoms with Gasteiger partial charge in [0.2, 0.25) is 0 Å². The fraction of sp³-hybridized carbons (Fsp3) is 0.0625. The van der Waals surface area contributed by atoms with Crippen LogP contribution in [0.2, 0.25) is 0 Å². The van der Waals surface area contributed by atoms with E-state index in [1.807, 2.05) is 36.4 Å². The molecular weight excluding hydrogens is 319 g/mol. The SMILES string of the molecule is Fc1cccc(Br)c1NCc1cccc2cccnc12. The molecule has 100 valence electrons. The monoisotopic (exact) mass is 330 g/mol. The number of benzene rings is 2. The van der Waals surface area contributed by atoms with Gasteiger partial charge in [0, 0.05) is 22.6 Å². The molecule has 0 aliphatic rings. The largest absolute Gasteiger partial charge is 0.378 e. The third-order valence-corrected chi connectivity index (χ3v) is 3.80. The zero-order valence-corrected chi connectivity index (χ0v) is 12.2. The number of rotatable bonds is 3. The maximum Gasteiger partial charge on any atom is 0.147 e. The van der Waals surface area contributed by atoms with Gasteiger partial charge in [-0.1, -0.05) is 30.3 Å². The smallest absolute Gasteiger partial charge is 0.147 e. The van der Waals surface area contributed by atoms with Crippen LogP contribution < -0.4 is 5.32 Å². The maximum atomic E-state index is 13.8. The molecule has 0 aliphatic heterocycles. The minimum Gasteiger partial charge on any atom is -0.378 e. The van der Waals surface area contributed by atoms with E-state index in [1.54, 1.807) is 12.3 Å². The number of pyridine rings is 1. The van der Waals surface area contributed by atoms with Gasteiger partial charge in [0.1, 0.15) is 5.82 Å². The van der Waals surface area contributed by atoms with E-state index in [0.717, 1.165) is 16.5 Å². The molecule has 0 saturated carbocycles. The van der Waals surface area contributed by atoms with Crippen LogP contribution in [0.3, 0.4) is 0 Å². The summed E-state index contributed by atoms with van der Waals surface area (Å²) in [6, 6.07) is 14.8. The molecule has 3 rings (SSSR count). The van der Waals surface area contributed by atoms with Crippen LogP contribution in [0.4, 0.5) is 10.1 Å². The molecule has 2 aromatic carbocycles. The summed E-state index contributed by atoms with van der Waals surface area (Å²) in [6.45, 7) is 0.522. The van der Waals surface area contributed by atoms with Crippen LogP contribution in [0.1, 0.15) is 5.56 Å². The molecule has 1 aromatic heterocycles. The molecule has 0 amide bonds. The first-order valence-electron chi connectivity index (χ1n) is 6.26. The summed E-state index contributed by atoms with van der Waals surface area (Å²) in [5, 5.41) is 4.21. The second-order valence-corrected chi connectivity index (χ2v) is 5.30. The van der Waals surface area contributed by atoms with Crippen molar-refractivity contribution >= 4 is 32.5 Å². The molecule has 0 radical (unpaired) electrons. The molecule has 0 fully saturated rings. The molecule has 1 heterocycles. The molecule has 0 saturated heterocycles. The number of aromatic nitrogens is 1. The van der Waals surface area contributed by atoms with Crippen LogP contribution in [0, 0.1) is 5.82 Å². The van der Waals surface area contributed by atoms with Crippen LogP contribution in [-0.2, 0) is 6.54 Å². The van der Waals surface area contributed by atoms with Crippen molar-refractivity contribution in [2.45, 2.75) is 6.54 Å². The van der Waals surface area contributed by atoms with Crippen molar-refractivity contribution in [1.82, 2.24) is 4.98 Å². The standard InChI is InChI=1S/C16H12BrFN2/c17-13-7-2-8-14(18)16(13)20-10-12-5-1-4-11-6-3-9-19-15(11)12/h1-9,20H,10H2. The Morgan fingerprint density at radius 1 is 1.05 bits per heavy atom. The van der Waals surface area contributed by atoms with Gasteiger partial charge in [0.25, 0.3) is 0 Å². The van der Waals surface area contributed by atoms with Crippen molar-refractivity contribution in [1.29, 1.82) is 0 Å². The summed E-state index contributed by atoms with van der Waals surface area (Å²) in [4.78, 5) is 4.39. The van der Waals surface area contributed by atoms with Crippen LogP contribution in [0.25, 0.3) is 10.9 Å². The van der Waals surface area contributed by atoms with E-state index in [4.69, 9.17) is 0 Å². The second kappa shape index (κ2) is 5.59. The fourth-order valence-electron chi connectivity index (χ4n) is 2.16. The lowest BCUT2D eigenvalue weighted by atomic mass is 10.1. The quantitative estimate of drug-likeness (QED) is 0.749. The number of hydrogen-bond acceptors (Lipinski definition) is 2. The summed E-state index contributed by atoms with van der Waals surface area (Å²) in [5.74, 6) is -0.271. The molecule has 3 aromatic rings. The van der Waals surface area contributed by atoms with Crippen molar-refractivity contribution < 1.29 is 4.39 Å². The Balaban J connectivity index is 1.91. The van der Waals surface area contributed by atoms with E-state index in [9.17, 15) is 4.39 Å². The van der Waals surface area contributed by atoms with Gasteiger partial charge in [-0.3, -0.25) is 4.98 Å². The molecule has 4 heteroatoms. The van der Waals surface area contributed by atoms with Gasteiger partial charge < -0.3 is 5.32 Å². The van der Waals surface area contributed by atoms with Gasteiger partial charge in [0.15, 0.2) is 0 Å². The number of nitrogens with zero attached hydrogens (tertiary/aromatic N) is 1. The van der Waals surface area contributed by atoms with E-state index in [-0.39, 0.29) is 5.82 Å². The Bertz CT molecular complexity index is 733. The first kappa shape index (κ1) is 13.1. The summed E-state index contributed by atoms with van der Waals surface area (Å²) < 4.78 is 14.5. The Labute approximate surface area is 124 Å². The number of fused-ring (bicyclic) bond motifs is 1. The first-order chi connectivity index (χ1) is 9.75. The van der Waals surface area contributed by atoms with Gasteiger partial charge in [-0.25, -0.2) is 4.39 Å². The van der Waals surface area contributed by atoms with Crippen LogP contribution in [0.15, 0.2) is 59.2 Å². The number of anilines is 1. The topological polar surface area (TPSA) is 24.9 Å². The van der Waals surface area contributed by atoms with Crippen molar-refractivity contribution in [3.8, 4) is 0 Å². The highest BCUT2D eigenvalue weighted by atomic mass is 79.9. The number of nitrogens with one attached hydrogen (secondary N) is 1. The van der Waals surface area contributed by atoms with Gasteiger partial charge in [-0.15, -0.1) is 0 Å². The van der Waals surface area contributed by atoms with Crippen molar-refractivity contribution in [2.24, 2.45) is 0 Å². The van der Waals surface area contributed by atoms with Gasteiger partial charge in [-0.2, -0.15) is 0 Å². The highest BCUT2D eigenvalue weighted by Crippen LogP contribution is 2.26. The molecule has 0 unspecified atom stereocenters. The van der Waals surface area contributed by atoms with E-state index in [0.29, 0.717) is 16.7 Å². The minimum absolute atomic E-state index is 0.271. The Morgan fingerprint density at radius 3 is 2.70 bits per heavy atom. The average Bonchev–Trinajstić information content (AvgIpc) is 2.47. The Morgan fingerprint density at radius 2 is 1.85 bits per heavy atom. The first-order valence-corrected chi connectivity index (χ1v) is 7.05.